The van der Waals surface area contributed by atoms with Crippen LogP contribution in [-0.4, -0.2) is 20.4 Å². The number of H-pyrrole nitrogens is 1. The number of aromatic amines is 1. The van der Waals surface area contributed by atoms with Crippen LogP contribution >= 0.6 is 11.3 Å². The van der Waals surface area contributed by atoms with Crippen LogP contribution in [0.15, 0.2) is 49.7 Å². The van der Waals surface area contributed by atoms with E-state index in [-0.39, 0.29) is 28.5 Å². The second kappa shape index (κ2) is 7.17. The minimum atomic E-state index is -0.638. The summed E-state index contributed by atoms with van der Waals surface area (Å²) in [6.07, 6.45) is 0. The molecule has 2 N–H and O–H groups in total. The van der Waals surface area contributed by atoms with Crippen molar-refractivity contribution in [2.45, 2.75) is 26.8 Å². The summed E-state index contributed by atoms with van der Waals surface area (Å²) in [6.45, 7) is 5.28. The third kappa shape index (κ3) is 3.29. The van der Waals surface area contributed by atoms with Crippen molar-refractivity contribution in [1.82, 2.24) is 19.9 Å². The standard InChI is InChI=1S/C20H18N4O4S/c1-10(14-9-29-12(3)22-14)21-17(25)15-11(2)28-18-16(15)19(26)24(20(27)23-18)13-7-5-4-6-8-13/h4-10H,1-3H3,(H,21,25)(H,23,27). The van der Waals surface area contributed by atoms with E-state index < -0.39 is 17.2 Å². The molecule has 0 aliphatic carbocycles. The van der Waals surface area contributed by atoms with E-state index in [1.807, 2.05) is 19.2 Å². The van der Waals surface area contributed by atoms with E-state index in [1.165, 1.54) is 11.3 Å². The topological polar surface area (TPSA) is 110 Å². The van der Waals surface area contributed by atoms with E-state index >= 15 is 0 Å². The Morgan fingerprint density at radius 1 is 1.24 bits per heavy atom. The first-order chi connectivity index (χ1) is 13.9. The van der Waals surface area contributed by atoms with Crippen LogP contribution in [0.2, 0.25) is 0 Å². The zero-order valence-corrected chi connectivity index (χ0v) is 16.8. The molecule has 0 aliphatic rings. The SMILES string of the molecule is Cc1nc(C(C)NC(=O)c2c(C)oc3[nH]c(=O)n(-c4ccccc4)c(=O)c23)cs1. The molecule has 0 radical (unpaired) electrons. The molecule has 29 heavy (non-hydrogen) atoms. The molecule has 3 aromatic heterocycles. The predicted octanol–water partition coefficient (Wildman–Crippen LogP) is 2.84. The molecule has 4 rings (SSSR count). The van der Waals surface area contributed by atoms with Crippen LogP contribution in [0.3, 0.4) is 0 Å². The lowest BCUT2D eigenvalue weighted by Crippen LogP contribution is -2.34. The van der Waals surface area contributed by atoms with Crippen LogP contribution in [0.4, 0.5) is 0 Å². The zero-order chi connectivity index (χ0) is 20.7. The average molecular weight is 410 g/mol. The van der Waals surface area contributed by atoms with E-state index in [2.05, 4.69) is 15.3 Å². The summed E-state index contributed by atoms with van der Waals surface area (Å²) < 4.78 is 6.51. The van der Waals surface area contributed by atoms with Crippen LogP contribution in [0, 0.1) is 13.8 Å². The van der Waals surface area contributed by atoms with Gasteiger partial charge in [0.25, 0.3) is 11.5 Å². The molecular formula is C20H18N4O4S. The summed E-state index contributed by atoms with van der Waals surface area (Å²) in [7, 11) is 0. The van der Waals surface area contributed by atoms with Crippen molar-refractivity contribution < 1.29 is 9.21 Å². The third-order valence-corrected chi connectivity index (χ3v) is 5.39. The number of aryl methyl sites for hydroxylation is 2. The molecule has 9 heteroatoms. The maximum atomic E-state index is 13.1. The quantitative estimate of drug-likeness (QED) is 0.538. The molecule has 148 valence electrons. The van der Waals surface area contributed by atoms with Gasteiger partial charge in [0.2, 0.25) is 5.71 Å². The lowest BCUT2D eigenvalue weighted by molar-refractivity contribution is 0.0939. The lowest BCUT2D eigenvalue weighted by Gasteiger charge is -2.11. The molecular weight excluding hydrogens is 392 g/mol. The van der Waals surface area contributed by atoms with Gasteiger partial charge in [-0.15, -0.1) is 11.3 Å². The summed E-state index contributed by atoms with van der Waals surface area (Å²) in [6, 6.07) is 8.15. The second-order valence-electron chi connectivity index (χ2n) is 6.63. The highest BCUT2D eigenvalue weighted by Crippen LogP contribution is 2.22. The first-order valence-electron chi connectivity index (χ1n) is 8.93. The van der Waals surface area contributed by atoms with Crippen molar-refractivity contribution in [2.24, 2.45) is 0 Å². The number of fused-ring (bicyclic) bond motifs is 1. The van der Waals surface area contributed by atoms with Gasteiger partial charge in [-0.05, 0) is 32.9 Å². The van der Waals surface area contributed by atoms with E-state index in [4.69, 9.17) is 4.42 Å². The summed E-state index contributed by atoms with van der Waals surface area (Å²) >= 11 is 1.49. The largest absolute Gasteiger partial charge is 0.444 e. The Morgan fingerprint density at radius 2 is 1.97 bits per heavy atom. The maximum Gasteiger partial charge on any atom is 0.335 e. The number of nitrogens with one attached hydrogen (secondary N) is 2. The number of hydrogen-bond acceptors (Lipinski definition) is 6. The Bertz CT molecular complexity index is 1330. The van der Waals surface area contributed by atoms with Gasteiger partial charge < -0.3 is 9.73 Å². The van der Waals surface area contributed by atoms with Crippen LogP contribution in [-0.2, 0) is 0 Å². The van der Waals surface area contributed by atoms with Gasteiger partial charge in [-0.25, -0.2) is 14.3 Å². The van der Waals surface area contributed by atoms with Gasteiger partial charge in [0.05, 0.1) is 28.0 Å². The predicted molar refractivity (Wildman–Crippen MR) is 110 cm³/mol. The maximum absolute atomic E-state index is 13.1. The van der Waals surface area contributed by atoms with Crippen molar-refractivity contribution in [3.8, 4) is 5.69 Å². The van der Waals surface area contributed by atoms with Crippen LogP contribution in [0.1, 0.15) is 39.8 Å². The normalized spacial score (nSPS) is 12.2. The molecule has 3 heterocycles. The Hall–Kier alpha value is -3.46. The highest BCUT2D eigenvalue weighted by Gasteiger charge is 2.25. The van der Waals surface area contributed by atoms with Gasteiger partial charge >= 0.3 is 5.69 Å². The fourth-order valence-electron chi connectivity index (χ4n) is 3.20. The fourth-order valence-corrected chi connectivity index (χ4v) is 3.91. The molecule has 0 saturated carbocycles. The lowest BCUT2D eigenvalue weighted by atomic mass is 10.1. The number of aromatic nitrogens is 3. The number of carbonyl (C=O) groups is 1. The first-order valence-corrected chi connectivity index (χ1v) is 9.81. The number of furan rings is 1. The summed E-state index contributed by atoms with van der Waals surface area (Å²) in [4.78, 5) is 45.5. The van der Waals surface area contributed by atoms with Gasteiger partial charge in [-0.3, -0.25) is 14.6 Å². The van der Waals surface area contributed by atoms with Crippen LogP contribution in [0.25, 0.3) is 16.8 Å². The van der Waals surface area contributed by atoms with Crippen molar-refractivity contribution in [3.05, 3.63) is 78.6 Å². The zero-order valence-electron chi connectivity index (χ0n) is 16.0. The van der Waals surface area contributed by atoms with Gasteiger partial charge in [-0.1, -0.05) is 18.2 Å². The minimum absolute atomic E-state index is 0.0213. The van der Waals surface area contributed by atoms with Crippen molar-refractivity contribution >= 4 is 28.3 Å². The Labute approximate surface area is 168 Å². The number of benzene rings is 1. The molecule has 0 fully saturated rings. The van der Waals surface area contributed by atoms with Gasteiger partial charge in [0, 0.05) is 5.38 Å². The summed E-state index contributed by atoms with van der Waals surface area (Å²) in [5.74, 6) is -0.221. The van der Waals surface area contributed by atoms with E-state index in [9.17, 15) is 14.4 Å². The number of nitrogens with zero attached hydrogens (tertiary/aromatic N) is 2. The average Bonchev–Trinajstić information content (AvgIpc) is 3.25. The summed E-state index contributed by atoms with van der Waals surface area (Å²) in [5, 5.41) is 5.66. The highest BCUT2D eigenvalue weighted by molar-refractivity contribution is 7.09. The van der Waals surface area contributed by atoms with E-state index in [0.717, 1.165) is 15.3 Å². The number of carbonyl (C=O) groups excluding carboxylic acids is 1. The second-order valence-corrected chi connectivity index (χ2v) is 7.69. The van der Waals surface area contributed by atoms with E-state index in [0.29, 0.717) is 5.69 Å². The number of hydrogen-bond donors (Lipinski definition) is 2. The van der Waals surface area contributed by atoms with Crippen molar-refractivity contribution in [1.29, 1.82) is 0 Å². The summed E-state index contributed by atoms with van der Waals surface area (Å²) in [5.41, 5.74) is -0.0369. The Morgan fingerprint density at radius 3 is 2.62 bits per heavy atom. The fraction of sp³-hybridized carbons (Fsp3) is 0.200. The monoisotopic (exact) mass is 410 g/mol. The number of para-hydroxylation sites is 1. The van der Waals surface area contributed by atoms with Gasteiger partial charge in [0.1, 0.15) is 11.1 Å². The number of amides is 1. The minimum Gasteiger partial charge on any atom is -0.444 e. The smallest absolute Gasteiger partial charge is 0.335 e. The molecule has 1 atom stereocenters. The van der Waals surface area contributed by atoms with E-state index in [1.54, 1.807) is 37.3 Å². The molecule has 4 aromatic rings. The molecule has 0 saturated heterocycles. The number of thiazole rings is 1. The molecule has 1 unspecified atom stereocenters. The Kier molecular flexibility index (Phi) is 4.67. The van der Waals surface area contributed by atoms with Crippen LogP contribution < -0.4 is 16.6 Å². The molecule has 8 nitrogen and oxygen atoms in total. The van der Waals surface area contributed by atoms with Gasteiger partial charge in [-0.2, -0.15) is 0 Å². The molecule has 0 aliphatic heterocycles. The molecule has 0 bridgehead atoms. The number of rotatable bonds is 4. The van der Waals surface area contributed by atoms with Crippen molar-refractivity contribution in [2.75, 3.05) is 0 Å². The third-order valence-electron chi connectivity index (χ3n) is 4.59. The molecule has 0 spiro atoms. The highest BCUT2D eigenvalue weighted by atomic mass is 32.1. The molecule has 1 aromatic carbocycles. The first kappa shape index (κ1) is 18.9. The van der Waals surface area contributed by atoms with Gasteiger partial charge in [0.15, 0.2) is 0 Å². The molecule has 1 amide bonds. The van der Waals surface area contributed by atoms with Crippen LogP contribution in [0.5, 0.6) is 0 Å². The Balaban J connectivity index is 1.82. The van der Waals surface area contributed by atoms with Crippen molar-refractivity contribution in [3.63, 3.8) is 0 Å².